The van der Waals surface area contributed by atoms with Crippen LogP contribution in [0.1, 0.15) is 36.1 Å². The van der Waals surface area contributed by atoms with E-state index < -0.39 is 5.97 Å². The lowest BCUT2D eigenvalue weighted by Gasteiger charge is -2.11. The number of nitriles is 1. The second-order valence-corrected chi connectivity index (χ2v) is 3.61. The lowest BCUT2D eigenvalue weighted by Crippen LogP contribution is -2.27. The maximum absolute atomic E-state index is 11.1. The minimum absolute atomic E-state index is 0.145. The Kier molecular flexibility index (Phi) is 5.24. The highest BCUT2D eigenvalue weighted by Crippen LogP contribution is 2.09. The maximum atomic E-state index is 11.1. The van der Waals surface area contributed by atoms with Gasteiger partial charge in [0.2, 0.25) is 5.76 Å². The van der Waals surface area contributed by atoms with Crippen molar-refractivity contribution >= 4 is 5.97 Å². The summed E-state index contributed by atoms with van der Waals surface area (Å²) in [4.78, 5) is 11.1. The molecule has 0 fully saturated rings. The van der Waals surface area contributed by atoms with Crippen LogP contribution in [0.25, 0.3) is 0 Å². The Hall–Kier alpha value is -1.80. The van der Waals surface area contributed by atoms with Crippen molar-refractivity contribution in [2.24, 2.45) is 0 Å². The zero-order chi connectivity index (χ0) is 12.7. The van der Waals surface area contributed by atoms with E-state index in [0.717, 1.165) is 6.42 Å². The molecule has 0 aliphatic rings. The smallest absolute Gasteiger partial charge is 0.373 e. The van der Waals surface area contributed by atoms with Crippen LogP contribution in [0.3, 0.4) is 0 Å². The van der Waals surface area contributed by atoms with Crippen LogP contribution in [0.15, 0.2) is 16.5 Å². The molecule has 17 heavy (non-hydrogen) atoms. The molecule has 5 heteroatoms. The summed E-state index contributed by atoms with van der Waals surface area (Å²) in [5.41, 5.74) is 0. The SMILES string of the molecule is CCC(CC#N)NCc1ccc(C(=O)OC)o1. The van der Waals surface area contributed by atoms with E-state index in [9.17, 15) is 4.79 Å². The first kappa shape index (κ1) is 13.3. The molecule has 0 bridgehead atoms. The summed E-state index contributed by atoms with van der Waals surface area (Å²) in [6.45, 7) is 2.51. The molecule has 0 aliphatic heterocycles. The van der Waals surface area contributed by atoms with Crippen molar-refractivity contribution in [1.29, 1.82) is 5.26 Å². The first-order chi connectivity index (χ1) is 8.21. The number of esters is 1. The minimum Gasteiger partial charge on any atom is -0.463 e. The third-order valence-electron chi connectivity index (χ3n) is 2.44. The van der Waals surface area contributed by atoms with E-state index in [1.165, 1.54) is 7.11 Å². The van der Waals surface area contributed by atoms with Gasteiger partial charge < -0.3 is 14.5 Å². The van der Waals surface area contributed by atoms with Crippen molar-refractivity contribution in [1.82, 2.24) is 5.32 Å². The second-order valence-electron chi connectivity index (χ2n) is 3.61. The van der Waals surface area contributed by atoms with Crippen LogP contribution in [-0.2, 0) is 11.3 Å². The Labute approximate surface area is 100 Å². The molecule has 1 aromatic heterocycles. The number of rotatable bonds is 6. The zero-order valence-corrected chi connectivity index (χ0v) is 10.0. The molecule has 0 aromatic carbocycles. The Bertz CT molecular complexity index is 406. The van der Waals surface area contributed by atoms with Gasteiger partial charge >= 0.3 is 5.97 Å². The van der Waals surface area contributed by atoms with E-state index in [2.05, 4.69) is 16.1 Å². The average Bonchev–Trinajstić information content (AvgIpc) is 2.82. The normalized spacial score (nSPS) is 11.8. The van der Waals surface area contributed by atoms with E-state index in [1.807, 2.05) is 6.92 Å². The monoisotopic (exact) mass is 236 g/mol. The van der Waals surface area contributed by atoms with Gasteiger partial charge in [0.25, 0.3) is 0 Å². The predicted octanol–water partition coefficient (Wildman–Crippen LogP) is 1.85. The Balaban J connectivity index is 2.49. The van der Waals surface area contributed by atoms with Crippen molar-refractivity contribution in [2.45, 2.75) is 32.4 Å². The van der Waals surface area contributed by atoms with Crippen LogP contribution in [0.5, 0.6) is 0 Å². The summed E-state index contributed by atoms with van der Waals surface area (Å²) in [7, 11) is 1.31. The lowest BCUT2D eigenvalue weighted by molar-refractivity contribution is 0.0563. The molecule has 5 nitrogen and oxygen atoms in total. The third kappa shape index (κ3) is 3.93. The molecule has 1 unspecified atom stereocenters. The second kappa shape index (κ2) is 6.71. The van der Waals surface area contributed by atoms with Crippen LogP contribution < -0.4 is 5.32 Å². The number of nitrogens with one attached hydrogen (secondary N) is 1. The first-order valence-electron chi connectivity index (χ1n) is 5.48. The van der Waals surface area contributed by atoms with Gasteiger partial charge in [-0.2, -0.15) is 5.26 Å². The van der Waals surface area contributed by atoms with Gasteiger partial charge in [-0.3, -0.25) is 0 Å². The van der Waals surface area contributed by atoms with E-state index >= 15 is 0 Å². The fraction of sp³-hybridized carbons (Fsp3) is 0.500. The minimum atomic E-state index is -0.486. The number of furan rings is 1. The van der Waals surface area contributed by atoms with Crippen molar-refractivity contribution in [3.05, 3.63) is 23.7 Å². The standard InChI is InChI=1S/C12H16N2O3/c1-3-9(6-7-13)14-8-10-4-5-11(17-10)12(15)16-2/h4-5,9,14H,3,6,8H2,1-2H3. The molecule has 0 radical (unpaired) electrons. The van der Waals surface area contributed by atoms with Gasteiger partial charge in [-0.05, 0) is 18.6 Å². The highest BCUT2D eigenvalue weighted by Gasteiger charge is 2.12. The van der Waals surface area contributed by atoms with Crippen LogP contribution in [-0.4, -0.2) is 19.1 Å². The van der Waals surface area contributed by atoms with Crippen LogP contribution in [0.2, 0.25) is 0 Å². The zero-order valence-electron chi connectivity index (χ0n) is 10.0. The van der Waals surface area contributed by atoms with Crippen molar-refractivity contribution in [3.8, 4) is 6.07 Å². The van der Waals surface area contributed by atoms with Crippen LogP contribution in [0, 0.1) is 11.3 Å². The number of nitrogens with zero attached hydrogens (tertiary/aromatic N) is 1. The van der Waals surface area contributed by atoms with Crippen molar-refractivity contribution in [2.75, 3.05) is 7.11 Å². The number of ether oxygens (including phenoxy) is 1. The molecule has 92 valence electrons. The number of carbonyl (C=O) groups is 1. The van der Waals surface area contributed by atoms with Gasteiger partial charge in [0, 0.05) is 6.04 Å². The van der Waals surface area contributed by atoms with Crippen molar-refractivity contribution < 1.29 is 13.9 Å². The molecule has 0 saturated heterocycles. The van der Waals surface area contributed by atoms with Crippen LogP contribution >= 0.6 is 0 Å². The molecule has 0 amide bonds. The number of hydrogen-bond acceptors (Lipinski definition) is 5. The van der Waals surface area contributed by atoms with E-state index in [0.29, 0.717) is 18.7 Å². The van der Waals surface area contributed by atoms with E-state index in [1.54, 1.807) is 12.1 Å². The summed E-state index contributed by atoms with van der Waals surface area (Å²) >= 11 is 0. The average molecular weight is 236 g/mol. The molecule has 1 N–H and O–H groups in total. The topological polar surface area (TPSA) is 75.3 Å². The third-order valence-corrected chi connectivity index (χ3v) is 2.44. The fourth-order valence-electron chi connectivity index (χ4n) is 1.40. The number of carbonyl (C=O) groups excluding carboxylic acids is 1. The summed E-state index contributed by atoms with van der Waals surface area (Å²) in [5.74, 6) is 0.361. The Morgan fingerprint density at radius 3 is 3.00 bits per heavy atom. The van der Waals surface area contributed by atoms with Crippen LogP contribution in [0.4, 0.5) is 0 Å². The highest BCUT2D eigenvalue weighted by molar-refractivity contribution is 5.86. The lowest BCUT2D eigenvalue weighted by atomic mass is 10.1. The molecule has 1 heterocycles. The molecule has 1 atom stereocenters. The summed E-state index contributed by atoms with van der Waals surface area (Å²) in [5, 5.41) is 11.8. The summed E-state index contributed by atoms with van der Waals surface area (Å²) in [6.07, 6.45) is 1.33. The molecule has 1 aromatic rings. The first-order valence-corrected chi connectivity index (χ1v) is 5.48. The quantitative estimate of drug-likeness (QED) is 0.763. The number of methoxy groups -OCH3 is 1. The van der Waals surface area contributed by atoms with Crippen molar-refractivity contribution in [3.63, 3.8) is 0 Å². The maximum Gasteiger partial charge on any atom is 0.373 e. The molecular formula is C12H16N2O3. The predicted molar refractivity (Wildman–Crippen MR) is 61.2 cm³/mol. The van der Waals surface area contributed by atoms with Gasteiger partial charge in [0.1, 0.15) is 5.76 Å². The highest BCUT2D eigenvalue weighted by atomic mass is 16.5. The number of hydrogen-bond donors (Lipinski definition) is 1. The van der Waals surface area contributed by atoms with E-state index in [4.69, 9.17) is 9.68 Å². The van der Waals surface area contributed by atoms with Gasteiger partial charge in [-0.1, -0.05) is 6.92 Å². The summed E-state index contributed by atoms with van der Waals surface area (Å²) in [6, 6.07) is 5.56. The van der Waals surface area contributed by atoms with Gasteiger partial charge in [-0.15, -0.1) is 0 Å². The van der Waals surface area contributed by atoms with Gasteiger partial charge in [-0.25, -0.2) is 4.79 Å². The molecule has 0 saturated carbocycles. The molecular weight excluding hydrogens is 220 g/mol. The fourth-order valence-corrected chi connectivity index (χ4v) is 1.40. The van der Waals surface area contributed by atoms with E-state index in [-0.39, 0.29) is 11.8 Å². The molecule has 0 aliphatic carbocycles. The largest absolute Gasteiger partial charge is 0.463 e. The van der Waals surface area contributed by atoms with Gasteiger partial charge in [0.05, 0.1) is 26.1 Å². The summed E-state index contributed by atoms with van der Waals surface area (Å²) < 4.78 is 9.83. The Morgan fingerprint density at radius 1 is 1.65 bits per heavy atom. The van der Waals surface area contributed by atoms with Gasteiger partial charge in [0.15, 0.2) is 0 Å². The molecule has 0 spiro atoms. The molecule has 1 rings (SSSR count). The Morgan fingerprint density at radius 2 is 2.41 bits per heavy atom.